The van der Waals surface area contributed by atoms with E-state index in [4.69, 9.17) is 16.6 Å². The summed E-state index contributed by atoms with van der Waals surface area (Å²) in [5.74, 6) is -0.361. The zero-order chi connectivity index (χ0) is 11.0. The fraction of sp³-hybridized carbons (Fsp3) is 0.111. The van der Waals surface area contributed by atoms with Crippen LogP contribution in [0.3, 0.4) is 0 Å². The van der Waals surface area contributed by atoms with Crippen molar-refractivity contribution in [3.8, 4) is 0 Å². The molecule has 0 aromatic rings. The number of hydrogen-bond donors (Lipinski definition) is 5. The molecule has 6 N–H and O–H groups in total. The van der Waals surface area contributed by atoms with Crippen molar-refractivity contribution in [3.63, 3.8) is 0 Å². The minimum atomic E-state index is -0.285. The molecule has 0 saturated heterocycles. The molecule has 0 saturated carbocycles. The standard InChI is InChI=1S/C9H15N5/c1-3-4-5-6-7(2)13-9(12)14-8(10)11/h3-6H,2H2,1H3,(H6,10,11,12,13,14)/b4-3-,6-5-. The third-order valence-corrected chi connectivity index (χ3v) is 1.15. The van der Waals surface area contributed by atoms with E-state index in [9.17, 15) is 0 Å². The second-order valence-corrected chi connectivity index (χ2v) is 2.45. The molecule has 0 aliphatic rings. The number of nitrogens with one attached hydrogen (secondary N) is 4. The van der Waals surface area contributed by atoms with Gasteiger partial charge in [-0.1, -0.05) is 24.8 Å². The van der Waals surface area contributed by atoms with Gasteiger partial charge < -0.3 is 11.1 Å². The monoisotopic (exact) mass is 193 g/mol. The van der Waals surface area contributed by atoms with Crippen LogP contribution in [0.4, 0.5) is 0 Å². The largest absolute Gasteiger partial charge is 0.370 e. The molecule has 0 amide bonds. The van der Waals surface area contributed by atoms with Crippen LogP contribution >= 0.6 is 0 Å². The van der Waals surface area contributed by atoms with Crippen molar-refractivity contribution in [2.24, 2.45) is 5.73 Å². The van der Waals surface area contributed by atoms with Gasteiger partial charge >= 0.3 is 0 Å². The maximum Gasteiger partial charge on any atom is 0.199 e. The highest BCUT2D eigenvalue weighted by Gasteiger charge is 1.95. The minimum absolute atomic E-state index is 0.0763. The van der Waals surface area contributed by atoms with Gasteiger partial charge in [-0.05, 0) is 13.0 Å². The molecule has 0 fully saturated rings. The summed E-state index contributed by atoms with van der Waals surface area (Å²) in [5, 5.41) is 19.0. The number of allylic oxidation sites excluding steroid dienone is 4. The molecule has 5 heteroatoms. The highest BCUT2D eigenvalue weighted by atomic mass is 15.2. The van der Waals surface area contributed by atoms with E-state index in [0.29, 0.717) is 5.70 Å². The van der Waals surface area contributed by atoms with Gasteiger partial charge in [0.2, 0.25) is 0 Å². The molecule has 0 spiro atoms. The van der Waals surface area contributed by atoms with Gasteiger partial charge in [0.05, 0.1) is 0 Å². The number of rotatable bonds is 3. The van der Waals surface area contributed by atoms with Crippen LogP contribution in [0, 0.1) is 10.8 Å². The topological polar surface area (TPSA) is 97.8 Å². The normalized spacial score (nSPS) is 10.4. The first-order valence-corrected chi connectivity index (χ1v) is 4.01. The molecule has 0 aromatic heterocycles. The van der Waals surface area contributed by atoms with Crippen LogP contribution in [0.5, 0.6) is 0 Å². The molecular weight excluding hydrogens is 178 g/mol. The zero-order valence-corrected chi connectivity index (χ0v) is 8.09. The molecule has 0 radical (unpaired) electrons. The predicted octanol–water partition coefficient (Wildman–Crippen LogP) is 0.640. The van der Waals surface area contributed by atoms with Crippen molar-refractivity contribution in [2.75, 3.05) is 0 Å². The fourth-order valence-corrected chi connectivity index (χ4v) is 0.651. The van der Waals surface area contributed by atoms with Gasteiger partial charge in [0.1, 0.15) is 0 Å². The molecular formula is C9H15N5. The average molecular weight is 193 g/mol. The third-order valence-electron chi connectivity index (χ3n) is 1.15. The Bertz CT molecular complexity index is 288. The first-order valence-electron chi connectivity index (χ1n) is 4.01. The summed E-state index contributed by atoms with van der Waals surface area (Å²) in [6, 6.07) is 0. The van der Waals surface area contributed by atoms with E-state index in [2.05, 4.69) is 17.2 Å². The number of guanidine groups is 2. The van der Waals surface area contributed by atoms with E-state index < -0.39 is 0 Å². The lowest BCUT2D eigenvalue weighted by molar-refractivity contribution is 1.06. The van der Waals surface area contributed by atoms with Crippen molar-refractivity contribution in [1.82, 2.24) is 10.6 Å². The smallest absolute Gasteiger partial charge is 0.199 e. The second-order valence-electron chi connectivity index (χ2n) is 2.45. The fourth-order valence-electron chi connectivity index (χ4n) is 0.651. The Hall–Kier alpha value is -2.04. The molecule has 0 atom stereocenters. The summed E-state index contributed by atoms with van der Waals surface area (Å²) in [6.07, 6.45) is 7.21. The maximum absolute atomic E-state index is 7.27. The Morgan fingerprint density at radius 1 is 1.29 bits per heavy atom. The van der Waals surface area contributed by atoms with Gasteiger partial charge in [-0.25, -0.2) is 0 Å². The summed E-state index contributed by atoms with van der Waals surface area (Å²) in [6.45, 7) is 5.55. The number of nitrogens with two attached hydrogens (primary N) is 1. The molecule has 76 valence electrons. The summed E-state index contributed by atoms with van der Waals surface area (Å²) in [7, 11) is 0. The van der Waals surface area contributed by atoms with Gasteiger partial charge in [0.25, 0.3) is 0 Å². The van der Waals surface area contributed by atoms with Crippen molar-refractivity contribution >= 4 is 11.9 Å². The Balaban J connectivity index is 3.94. The van der Waals surface area contributed by atoms with E-state index in [1.165, 1.54) is 0 Å². The van der Waals surface area contributed by atoms with Gasteiger partial charge in [-0.2, -0.15) is 0 Å². The van der Waals surface area contributed by atoms with Gasteiger partial charge in [0, 0.05) is 5.70 Å². The van der Waals surface area contributed by atoms with Crippen LogP contribution in [0.25, 0.3) is 0 Å². The first kappa shape index (κ1) is 12.0. The first-order chi connectivity index (χ1) is 6.56. The predicted molar refractivity (Wildman–Crippen MR) is 59.0 cm³/mol. The molecule has 0 aliphatic heterocycles. The summed E-state index contributed by atoms with van der Waals surface area (Å²) in [4.78, 5) is 0. The molecule has 0 aromatic carbocycles. The molecule has 0 rings (SSSR count). The average Bonchev–Trinajstić information content (AvgIpc) is 2.02. The van der Waals surface area contributed by atoms with Crippen molar-refractivity contribution in [3.05, 3.63) is 36.6 Å². The second kappa shape index (κ2) is 6.47. The Labute approximate surface area is 83.4 Å². The van der Waals surface area contributed by atoms with E-state index in [1.54, 1.807) is 12.2 Å². The molecule has 0 aliphatic carbocycles. The van der Waals surface area contributed by atoms with Crippen LogP contribution < -0.4 is 16.4 Å². The van der Waals surface area contributed by atoms with Gasteiger partial charge in [0.15, 0.2) is 11.9 Å². The molecule has 5 nitrogen and oxygen atoms in total. The van der Waals surface area contributed by atoms with Crippen molar-refractivity contribution < 1.29 is 0 Å². The summed E-state index contributed by atoms with van der Waals surface area (Å²) in [5.41, 5.74) is 5.57. The minimum Gasteiger partial charge on any atom is -0.370 e. The zero-order valence-electron chi connectivity index (χ0n) is 8.09. The lowest BCUT2D eigenvalue weighted by atomic mass is 10.4. The van der Waals surface area contributed by atoms with Crippen LogP contribution in [-0.2, 0) is 0 Å². The summed E-state index contributed by atoms with van der Waals surface area (Å²) < 4.78 is 0. The van der Waals surface area contributed by atoms with E-state index in [-0.39, 0.29) is 11.9 Å². The van der Waals surface area contributed by atoms with Crippen molar-refractivity contribution in [2.45, 2.75) is 6.92 Å². The van der Waals surface area contributed by atoms with Crippen LogP contribution in [0.15, 0.2) is 36.6 Å². The molecule has 0 bridgehead atoms. The van der Waals surface area contributed by atoms with Crippen LogP contribution in [0.1, 0.15) is 6.92 Å². The van der Waals surface area contributed by atoms with Crippen LogP contribution in [-0.4, -0.2) is 11.9 Å². The van der Waals surface area contributed by atoms with E-state index >= 15 is 0 Å². The highest BCUT2D eigenvalue weighted by Crippen LogP contribution is 1.87. The lowest BCUT2D eigenvalue weighted by Gasteiger charge is -2.07. The van der Waals surface area contributed by atoms with Gasteiger partial charge in [-0.15, -0.1) is 0 Å². The maximum atomic E-state index is 7.27. The number of hydrogen-bond acceptors (Lipinski definition) is 2. The van der Waals surface area contributed by atoms with Gasteiger partial charge in [-0.3, -0.25) is 16.1 Å². The molecule has 14 heavy (non-hydrogen) atoms. The third kappa shape index (κ3) is 6.66. The van der Waals surface area contributed by atoms with E-state index in [1.807, 2.05) is 19.1 Å². The quantitative estimate of drug-likeness (QED) is 0.258. The highest BCUT2D eigenvalue weighted by molar-refractivity contribution is 5.95. The lowest BCUT2D eigenvalue weighted by Crippen LogP contribution is -2.42. The van der Waals surface area contributed by atoms with E-state index in [0.717, 1.165) is 0 Å². The van der Waals surface area contributed by atoms with Crippen molar-refractivity contribution in [1.29, 1.82) is 10.8 Å². The Morgan fingerprint density at radius 3 is 2.43 bits per heavy atom. The molecule has 0 heterocycles. The Kier molecular flexibility index (Phi) is 5.53. The SMILES string of the molecule is C=C(/C=C\C=C/C)NC(=N)NC(=N)N. The summed E-state index contributed by atoms with van der Waals surface area (Å²) >= 11 is 0. The molecule has 0 unspecified atom stereocenters. The Morgan fingerprint density at radius 2 is 1.93 bits per heavy atom. The van der Waals surface area contributed by atoms with Crippen LogP contribution in [0.2, 0.25) is 0 Å².